The summed E-state index contributed by atoms with van der Waals surface area (Å²) in [5.41, 5.74) is -0.888. The summed E-state index contributed by atoms with van der Waals surface area (Å²) in [6, 6.07) is 0. The van der Waals surface area contributed by atoms with Gasteiger partial charge in [-0.1, -0.05) is 0 Å². The van der Waals surface area contributed by atoms with Crippen molar-refractivity contribution in [1.29, 1.82) is 0 Å². The van der Waals surface area contributed by atoms with Crippen LogP contribution < -0.4 is 0 Å². The van der Waals surface area contributed by atoms with Crippen LogP contribution in [0.1, 0.15) is 27.7 Å². The summed E-state index contributed by atoms with van der Waals surface area (Å²) < 4.78 is 28.2. The number of aliphatic hydroxyl groups is 1. The first kappa shape index (κ1) is 12.8. The van der Waals surface area contributed by atoms with E-state index in [-0.39, 0.29) is 13.2 Å². The van der Waals surface area contributed by atoms with E-state index in [1.165, 1.54) is 0 Å². The maximum Gasteiger partial charge on any atom is 0.190 e. The predicted molar refractivity (Wildman–Crippen MR) is 59.6 cm³/mol. The predicted octanol–water partition coefficient (Wildman–Crippen LogP) is 0.377. The van der Waals surface area contributed by atoms with Crippen LogP contribution in [0.25, 0.3) is 0 Å². The van der Waals surface area contributed by atoms with Gasteiger partial charge in [0.25, 0.3) is 0 Å². The molecule has 6 heteroatoms. The minimum atomic E-state index is -0.888. The lowest BCUT2D eigenvalue weighted by molar-refractivity contribution is -0.338. The van der Waals surface area contributed by atoms with E-state index in [1.807, 2.05) is 13.8 Å². The fourth-order valence-electron chi connectivity index (χ4n) is 2.58. The molecule has 0 bridgehead atoms. The van der Waals surface area contributed by atoms with Crippen LogP contribution >= 0.6 is 0 Å². The summed E-state index contributed by atoms with van der Waals surface area (Å²) >= 11 is 0. The Morgan fingerprint density at radius 2 is 1.50 bits per heavy atom. The molecule has 0 aromatic carbocycles. The second-order valence-electron chi connectivity index (χ2n) is 6.07. The Morgan fingerprint density at radius 1 is 0.889 bits per heavy atom. The Morgan fingerprint density at radius 3 is 2.06 bits per heavy atom. The molecule has 0 saturated carbocycles. The molecular formula is C12H20O6. The summed E-state index contributed by atoms with van der Waals surface area (Å²) in [5, 5.41) is 10.4. The van der Waals surface area contributed by atoms with Crippen LogP contribution in [0.2, 0.25) is 0 Å². The van der Waals surface area contributed by atoms with Crippen molar-refractivity contribution in [2.75, 3.05) is 13.2 Å². The van der Waals surface area contributed by atoms with Gasteiger partial charge in [0.05, 0.1) is 13.2 Å². The summed E-state index contributed by atoms with van der Waals surface area (Å²) in [6.07, 6.45) is -1.88. The third-order valence-electron chi connectivity index (χ3n) is 3.62. The highest BCUT2D eigenvalue weighted by Crippen LogP contribution is 2.44. The van der Waals surface area contributed by atoms with Crippen molar-refractivity contribution in [2.24, 2.45) is 0 Å². The van der Waals surface area contributed by atoms with Gasteiger partial charge in [0, 0.05) is 0 Å². The largest absolute Gasteiger partial charge is 0.387 e. The van der Waals surface area contributed by atoms with Crippen molar-refractivity contribution in [1.82, 2.24) is 0 Å². The summed E-state index contributed by atoms with van der Waals surface area (Å²) in [4.78, 5) is 0. The SMILES string of the molecule is CC1(C)OCC2(CO1)OC1OC(C)(C)OC1C2O. The summed E-state index contributed by atoms with van der Waals surface area (Å²) in [5.74, 6) is -1.37. The van der Waals surface area contributed by atoms with Gasteiger partial charge in [-0.25, -0.2) is 0 Å². The van der Waals surface area contributed by atoms with Gasteiger partial charge < -0.3 is 28.8 Å². The monoisotopic (exact) mass is 260 g/mol. The molecule has 3 atom stereocenters. The van der Waals surface area contributed by atoms with Gasteiger partial charge in [-0.15, -0.1) is 0 Å². The van der Waals surface area contributed by atoms with Crippen molar-refractivity contribution in [3.8, 4) is 0 Å². The normalized spacial score (nSPS) is 44.2. The molecule has 0 aliphatic carbocycles. The molecule has 1 N–H and O–H groups in total. The zero-order valence-electron chi connectivity index (χ0n) is 11.1. The Hall–Kier alpha value is -0.240. The molecule has 6 nitrogen and oxygen atoms in total. The highest BCUT2D eigenvalue weighted by atomic mass is 16.9. The van der Waals surface area contributed by atoms with Crippen LogP contribution in [0.15, 0.2) is 0 Å². The van der Waals surface area contributed by atoms with Crippen molar-refractivity contribution in [2.45, 2.75) is 63.4 Å². The van der Waals surface area contributed by atoms with Crippen molar-refractivity contribution in [3.63, 3.8) is 0 Å². The molecule has 3 rings (SSSR count). The van der Waals surface area contributed by atoms with Gasteiger partial charge in [0.1, 0.15) is 17.8 Å². The lowest BCUT2D eigenvalue weighted by Crippen LogP contribution is -2.58. The molecule has 0 radical (unpaired) electrons. The van der Waals surface area contributed by atoms with Crippen LogP contribution in [0.5, 0.6) is 0 Å². The van der Waals surface area contributed by atoms with Crippen molar-refractivity contribution < 1.29 is 28.8 Å². The quantitative estimate of drug-likeness (QED) is 0.679. The third kappa shape index (κ3) is 1.88. The first-order chi connectivity index (χ1) is 8.23. The second-order valence-corrected chi connectivity index (χ2v) is 6.07. The molecule has 18 heavy (non-hydrogen) atoms. The number of hydrogen-bond acceptors (Lipinski definition) is 6. The maximum atomic E-state index is 10.4. The van der Waals surface area contributed by atoms with Gasteiger partial charge in [0.2, 0.25) is 0 Å². The average molecular weight is 260 g/mol. The smallest absolute Gasteiger partial charge is 0.190 e. The molecule has 1 spiro atoms. The lowest BCUT2D eigenvalue weighted by Gasteiger charge is -2.42. The molecule has 3 heterocycles. The number of aliphatic hydroxyl groups excluding tert-OH is 1. The van der Waals surface area contributed by atoms with Gasteiger partial charge in [-0.3, -0.25) is 0 Å². The first-order valence-corrected chi connectivity index (χ1v) is 6.23. The van der Waals surface area contributed by atoms with Gasteiger partial charge in [-0.05, 0) is 27.7 Å². The van der Waals surface area contributed by atoms with E-state index in [0.29, 0.717) is 0 Å². The molecule has 3 aliphatic rings. The molecule has 3 saturated heterocycles. The van der Waals surface area contributed by atoms with E-state index >= 15 is 0 Å². The van der Waals surface area contributed by atoms with Crippen LogP contribution in [0, 0.1) is 0 Å². The maximum absolute atomic E-state index is 10.4. The fourth-order valence-corrected chi connectivity index (χ4v) is 2.58. The van der Waals surface area contributed by atoms with E-state index in [0.717, 1.165) is 0 Å². The van der Waals surface area contributed by atoms with Gasteiger partial charge in [0.15, 0.2) is 17.9 Å². The molecule has 0 aromatic rings. The van der Waals surface area contributed by atoms with Crippen molar-refractivity contribution in [3.05, 3.63) is 0 Å². The van der Waals surface area contributed by atoms with E-state index in [4.69, 9.17) is 23.7 Å². The van der Waals surface area contributed by atoms with Gasteiger partial charge >= 0.3 is 0 Å². The molecule has 0 amide bonds. The highest BCUT2D eigenvalue weighted by Gasteiger charge is 2.63. The van der Waals surface area contributed by atoms with E-state index < -0.39 is 35.7 Å². The van der Waals surface area contributed by atoms with Crippen molar-refractivity contribution >= 4 is 0 Å². The number of ether oxygens (including phenoxy) is 5. The van der Waals surface area contributed by atoms with E-state index in [1.54, 1.807) is 13.8 Å². The Bertz CT molecular complexity index is 342. The zero-order chi connectivity index (χ0) is 13.2. The van der Waals surface area contributed by atoms with Gasteiger partial charge in [-0.2, -0.15) is 0 Å². The molecule has 3 fully saturated rings. The second kappa shape index (κ2) is 3.65. The molecule has 3 unspecified atom stereocenters. The number of hydrogen-bond donors (Lipinski definition) is 1. The molecule has 3 aliphatic heterocycles. The first-order valence-electron chi connectivity index (χ1n) is 6.23. The lowest BCUT2D eigenvalue weighted by atomic mass is 9.96. The molecule has 104 valence electrons. The third-order valence-corrected chi connectivity index (χ3v) is 3.62. The van der Waals surface area contributed by atoms with E-state index in [9.17, 15) is 5.11 Å². The van der Waals surface area contributed by atoms with Crippen LogP contribution in [0.3, 0.4) is 0 Å². The minimum absolute atomic E-state index is 0.265. The topological polar surface area (TPSA) is 66.4 Å². The summed E-state index contributed by atoms with van der Waals surface area (Å²) in [6.45, 7) is 7.79. The Kier molecular flexibility index (Phi) is 2.59. The number of fused-ring (bicyclic) bond motifs is 1. The van der Waals surface area contributed by atoms with E-state index in [2.05, 4.69) is 0 Å². The Labute approximate surface area is 106 Å². The Balaban J connectivity index is 1.75. The molecule has 0 aromatic heterocycles. The van der Waals surface area contributed by atoms with Crippen LogP contribution in [-0.2, 0) is 23.7 Å². The fraction of sp³-hybridized carbons (Fsp3) is 1.00. The number of rotatable bonds is 0. The zero-order valence-corrected chi connectivity index (χ0v) is 11.1. The standard InChI is InChI=1S/C12H20O6/c1-10(2)14-5-12(6-15-10)8(13)7-9(18-12)17-11(3,4)16-7/h7-9,13H,5-6H2,1-4H3. The molecular weight excluding hydrogens is 240 g/mol. The van der Waals surface area contributed by atoms with Crippen LogP contribution in [-0.4, -0.2) is 54.0 Å². The average Bonchev–Trinajstić information content (AvgIpc) is 2.66. The highest BCUT2D eigenvalue weighted by molar-refractivity contribution is 5.04. The summed E-state index contributed by atoms with van der Waals surface area (Å²) in [7, 11) is 0. The van der Waals surface area contributed by atoms with Crippen LogP contribution in [0.4, 0.5) is 0 Å². The minimum Gasteiger partial charge on any atom is -0.387 e.